The number of ether oxygens (including phenoxy) is 2. The van der Waals surface area contributed by atoms with Crippen LogP contribution in [-0.4, -0.2) is 29.5 Å². The highest BCUT2D eigenvalue weighted by Crippen LogP contribution is 2.27. The Morgan fingerprint density at radius 2 is 1.92 bits per heavy atom. The lowest BCUT2D eigenvalue weighted by Gasteiger charge is -2.07. The van der Waals surface area contributed by atoms with Crippen molar-refractivity contribution < 1.29 is 14.3 Å². The van der Waals surface area contributed by atoms with Crippen molar-refractivity contribution in [2.24, 2.45) is 0 Å². The van der Waals surface area contributed by atoms with E-state index >= 15 is 0 Å². The quantitative estimate of drug-likeness (QED) is 0.726. The van der Waals surface area contributed by atoms with Crippen molar-refractivity contribution in [3.05, 3.63) is 60.1 Å². The molecular weight excluding hydrogens is 318 g/mol. The number of amides is 1. The maximum absolute atomic E-state index is 12.1. The van der Waals surface area contributed by atoms with Gasteiger partial charge in [0.05, 0.1) is 25.6 Å². The van der Waals surface area contributed by atoms with Crippen LogP contribution in [0.2, 0.25) is 0 Å². The van der Waals surface area contributed by atoms with Crippen LogP contribution in [0.15, 0.2) is 48.8 Å². The van der Waals surface area contributed by atoms with Gasteiger partial charge in [-0.1, -0.05) is 6.07 Å². The molecule has 0 unspecified atom stereocenters. The topological polar surface area (TPSA) is 64.9 Å². The molecule has 0 fully saturated rings. The molecule has 1 amide bonds. The molecule has 3 rings (SSSR count). The molecule has 3 aromatic rings. The van der Waals surface area contributed by atoms with E-state index in [9.17, 15) is 4.79 Å². The molecule has 128 valence electrons. The molecule has 0 radical (unpaired) electrons. The third kappa shape index (κ3) is 3.80. The minimum absolute atomic E-state index is 0.217. The smallest absolute Gasteiger partial charge is 0.248 e. The molecule has 25 heavy (non-hydrogen) atoms. The van der Waals surface area contributed by atoms with Crippen molar-refractivity contribution in [1.29, 1.82) is 0 Å². The Hall–Kier alpha value is -3.28. The highest BCUT2D eigenvalue weighted by molar-refractivity contribution is 6.01. The van der Waals surface area contributed by atoms with Crippen LogP contribution in [0, 0.1) is 6.92 Å². The van der Waals surface area contributed by atoms with E-state index in [1.165, 1.54) is 6.08 Å². The molecule has 0 aliphatic heterocycles. The number of benzene rings is 1. The second kappa shape index (κ2) is 7.09. The predicted octanol–water partition coefficient (Wildman–Crippen LogP) is 3.31. The van der Waals surface area contributed by atoms with Gasteiger partial charge in [0.25, 0.3) is 0 Å². The SMILES string of the molecule is COc1ccc(/C=C/C(=O)Nc2ccc3nc(C)cn3c2)cc1OC. The van der Waals surface area contributed by atoms with Crippen LogP contribution >= 0.6 is 0 Å². The molecule has 0 saturated heterocycles. The monoisotopic (exact) mass is 337 g/mol. The largest absolute Gasteiger partial charge is 0.493 e. The lowest BCUT2D eigenvalue weighted by Crippen LogP contribution is -2.08. The van der Waals surface area contributed by atoms with Gasteiger partial charge in [-0.2, -0.15) is 0 Å². The second-order valence-electron chi connectivity index (χ2n) is 5.50. The number of rotatable bonds is 5. The van der Waals surface area contributed by atoms with Crippen LogP contribution in [0.5, 0.6) is 11.5 Å². The van der Waals surface area contributed by atoms with Gasteiger partial charge in [0.1, 0.15) is 5.65 Å². The molecule has 0 atom stereocenters. The lowest BCUT2D eigenvalue weighted by atomic mass is 10.2. The zero-order chi connectivity index (χ0) is 17.8. The van der Waals surface area contributed by atoms with Crippen molar-refractivity contribution in [1.82, 2.24) is 9.38 Å². The molecule has 0 saturated carbocycles. The number of carbonyl (C=O) groups is 1. The Kier molecular flexibility index (Phi) is 4.70. The van der Waals surface area contributed by atoms with Gasteiger partial charge in [0, 0.05) is 18.5 Å². The number of anilines is 1. The van der Waals surface area contributed by atoms with Gasteiger partial charge >= 0.3 is 0 Å². The molecule has 0 aliphatic carbocycles. The van der Waals surface area contributed by atoms with Crippen LogP contribution in [0.3, 0.4) is 0 Å². The van der Waals surface area contributed by atoms with Crippen LogP contribution in [0.1, 0.15) is 11.3 Å². The van der Waals surface area contributed by atoms with Gasteiger partial charge in [0.15, 0.2) is 11.5 Å². The fourth-order valence-corrected chi connectivity index (χ4v) is 2.50. The molecule has 6 heteroatoms. The van der Waals surface area contributed by atoms with Crippen molar-refractivity contribution >= 4 is 23.3 Å². The number of fused-ring (bicyclic) bond motifs is 1. The lowest BCUT2D eigenvalue weighted by molar-refractivity contribution is -0.111. The summed E-state index contributed by atoms with van der Waals surface area (Å²) in [7, 11) is 3.16. The van der Waals surface area contributed by atoms with E-state index in [4.69, 9.17) is 9.47 Å². The van der Waals surface area contributed by atoms with Crippen molar-refractivity contribution in [2.45, 2.75) is 6.92 Å². The summed E-state index contributed by atoms with van der Waals surface area (Å²) in [5, 5.41) is 2.83. The zero-order valence-corrected chi connectivity index (χ0v) is 14.3. The third-order valence-electron chi connectivity index (χ3n) is 3.67. The fourth-order valence-electron chi connectivity index (χ4n) is 2.50. The molecule has 0 bridgehead atoms. The summed E-state index contributed by atoms with van der Waals surface area (Å²) in [5.74, 6) is 1.05. The normalized spacial score (nSPS) is 11.0. The summed E-state index contributed by atoms with van der Waals surface area (Å²) < 4.78 is 12.3. The van der Waals surface area contributed by atoms with Gasteiger partial charge in [-0.3, -0.25) is 4.79 Å². The van der Waals surface area contributed by atoms with Gasteiger partial charge < -0.3 is 19.2 Å². The Bertz CT molecular complexity index is 944. The van der Waals surface area contributed by atoms with Crippen molar-refractivity contribution in [2.75, 3.05) is 19.5 Å². The average Bonchev–Trinajstić information content (AvgIpc) is 2.99. The zero-order valence-electron chi connectivity index (χ0n) is 14.3. The Labute approximate surface area is 145 Å². The van der Waals surface area contributed by atoms with Crippen molar-refractivity contribution in [3.63, 3.8) is 0 Å². The summed E-state index contributed by atoms with van der Waals surface area (Å²) in [6.45, 7) is 1.93. The molecular formula is C19H19N3O3. The molecule has 6 nitrogen and oxygen atoms in total. The summed E-state index contributed by atoms with van der Waals surface area (Å²) in [6, 6.07) is 9.14. The fraction of sp³-hybridized carbons (Fsp3) is 0.158. The molecule has 0 spiro atoms. The van der Waals surface area contributed by atoms with E-state index in [2.05, 4.69) is 10.3 Å². The molecule has 1 aromatic carbocycles. The first-order valence-electron chi connectivity index (χ1n) is 7.75. The number of nitrogens with zero attached hydrogens (tertiary/aromatic N) is 2. The first kappa shape index (κ1) is 16.6. The number of imidazole rings is 1. The second-order valence-corrected chi connectivity index (χ2v) is 5.50. The van der Waals surface area contributed by atoms with E-state index in [0.717, 1.165) is 16.9 Å². The minimum atomic E-state index is -0.217. The number of hydrogen-bond acceptors (Lipinski definition) is 4. The van der Waals surface area contributed by atoms with E-state index in [1.54, 1.807) is 26.4 Å². The highest BCUT2D eigenvalue weighted by atomic mass is 16.5. The molecule has 2 aromatic heterocycles. The van der Waals surface area contributed by atoms with Crippen LogP contribution in [0.25, 0.3) is 11.7 Å². The summed E-state index contributed by atoms with van der Waals surface area (Å²) in [4.78, 5) is 16.5. The summed E-state index contributed by atoms with van der Waals surface area (Å²) >= 11 is 0. The molecule has 2 heterocycles. The summed E-state index contributed by atoms with van der Waals surface area (Å²) in [6.07, 6.45) is 6.93. The number of nitrogens with one attached hydrogen (secondary N) is 1. The Morgan fingerprint density at radius 3 is 2.68 bits per heavy atom. The van der Waals surface area contributed by atoms with Gasteiger partial charge in [-0.15, -0.1) is 0 Å². The number of methoxy groups -OCH3 is 2. The summed E-state index contributed by atoms with van der Waals surface area (Å²) in [5.41, 5.74) is 3.31. The van der Waals surface area contributed by atoms with Gasteiger partial charge in [-0.05, 0) is 42.8 Å². The van der Waals surface area contributed by atoms with E-state index in [0.29, 0.717) is 17.2 Å². The molecule has 1 N–H and O–H groups in total. The Morgan fingerprint density at radius 1 is 1.12 bits per heavy atom. The first-order valence-corrected chi connectivity index (χ1v) is 7.75. The molecule has 0 aliphatic rings. The van der Waals surface area contributed by atoms with E-state index < -0.39 is 0 Å². The number of carbonyl (C=O) groups excluding carboxylic acids is 1. The van der Waals surface area contributed by atoms with Crippen LogP contribution in [0.4, 0.5) is 5.69 Å². The Balaban J connectivity index is 1.71. The number of aromatic nitrogens is 2. The number of aryl methyl sites for hydroxylation is 1. The van der Waals surface area contributed by atoms with E-state index in [-0.39, 0.29) is 5.91 Å². The maximum Gasteiger partial charge on any atom is 0.248 e. The average molecular weight is 337 g/mol. The van der Waals surface area contributed by atoms with Crippen molar-refractivity contribution in [3.8, 4) is 11.5 Å². The standard InChI is InChI=1S/C19H19N3O3/c1-13-11-22-12-15(6-8-18(22)20-13)21-19(23)9-5-14-4-7-16(24-2)17(10-14)25-3/h4-12H,1-3H3,(H,21,23)/b9-5+. The van der Waals surface area contributed by atoms with Crippen LogP contribution in [-0.2, 0) is 4.79 Å². The maximum atomic E-state index is 12.1. The highest BCUT2D eigenvalue weighted by Gasteiger charge is 2.04. The number of hydrogen-bond donors (Lipinski definition) is 1. The van der Waals surface area contributed by atoms with E-state index in [1.807, 2.05) is 48.0 Å². The number of pyridine rings is 1. The van der Waals surface area contributed by atoms with Gasteiger partial charge in [0.2, 0.25) is 5.91 Å². The van der Waals surface area contributed by atoms with Crippen LogP contribution < -0.4 is 14.8 Å². The third-order valence-corrected chi connectivity index (χ3v) is 3.67. The first-order chi connectivity index (χ1) is 12.1. The minimum Gasteiger partial charge on any atom is -0.493 e. The van der Waals surface area contributed by atoms with Gasteiger partial charge in [-0.25, -0.2) is 4.98 Å². The predicted molar refractivity (Wildman–Crippen MR) is 97.1 cm³/mol.